The van der Waals surface area contributed by atoms with Gasteiger partial charge in [0.25, 0.3) is 5.91 Å². The summed E-state index contributed by atoms with van der Waals surface area (Å²) in [7, 11) is 3.09. The molecule has 8 heteroatoms. The highest BCUT2D eigenvalue weighted by Crippen LogP contribution is 2.41. The predicted octanol–water partition coefficient (Wildman–Crippen LogP) is 4.27. The third kappa shape index (κ3) is 6.32. The molecule has 3 rings (SSSR count). The molecule has 2 amide bonds. The third-order valence-corrected chi connectivity index (χ3v) is 6.19. The molecule has 1 N–H and O–H groups in total. The van der Waals surface area contributed by atoms with Crippen molar-refractivity contribution in [2.24, 2.45) is 5.92 Å². The number of carbonyl (C=O) groups is 3. The van der Waals surface area contributed by atoms with Crippen LogP contribution in [-0.4, -0.2) is 50.1 Å². The molecule has 2 atom stereocenters. The highest BCUT2D eigenvalue weighted by atomic mass is 16.5. The maximum atomic E-state index is 13.2. The van der Waals surface area contributed by atoms with E-state index < -0.39 is 30.4 Å². The number of piperidine rings is 1. The van der Waals surface area contributed by atoms with Gasteiger partial charge in [0.05, 0.1) is 31.9 Å². The maximum Gasteiger partial charge on any atom is 0.311 e. The van der Waals surface area contributed by atoms with Gasteiger partial charge in [-0.05, 0) is 43.5 Å². The minimum Gasteiger partial charge on any atom is -0.496 e. The lowest BCUT2D eigenvalue weighted by Gasteiger charge is -2.40. The Morgan fingerprint density at radius 1 is 1.09 bits per heavy atom. The molecule has 2 aromatic rings. The fraction of sp³-hybridized carbons (Fsp3) is 0.444. The highest BCUT2D eigenvalue weighted by Gasteiger charge is 2.42. The van der Waals surface area contributed by atoms with Gasteiger partial charge in [0, 0.05) is 18.5 Å². The second-order valence-electron chi connectivity index (χ2n) is 8.63. The Morgan fingerprint density at radius 3 is 2.54 bits per heavy atom. The number of benzene rings is 2. The van der Waals surface area contributed by atoms with Gasteiger partial charge in [0.1, 0.15) is 11.5 Å². The summed E-state index contributed by atoms with van der Waals surface area (Å²) in [6.45, 7) is 4.06. The number of anilines is 1. The Hall–Kier alpha value is -3.55. The molecule has 0 spiro atoms. The molecular weight excluding hydrogens is 448 g/mol. The van der Waals surface area contributed by atoms with Gasteiger partial charge in [-0.25, -0.2) is 0 Å². The number of para-hydroxylation sites is 1. The molecule has 2 unspecified atom stereocenters. The predicted molar refractivity (Wildman–Crippen MR) is 132 cm³/mol. The molecule has 1 aliphatic rings. The van der Waals surface area contributed by atoms with Crippen LogP contribution in [0.1, 0.15) is 49.8 Å². The first-order valence-electron chi connectivity index (χ1n) is 11.9. The summed E-state index contributed by atoms with van der Waals surface area (Å²) in [5.74, 6) is -0.461. The summed E-state index contributed by atoms with van der Waals surface area (Å²) >= 11 is 0. The zero-order valence-electron chi connectivity index (χ0n) is 20.8. The lowest BCUT2D eigenvalue weighted by Crippen LogP contribution is -2.46. The van der Waals surface area contributed by atoms with Crippen LogP contribution in [0.4, 0.5) is 5.69 Å². The molecule has 0 aromatic heterocycles. The minimum atomic E-state index is -0.609. The molecule has 1 heterocycles. The number of aryl methyl sites for hydroxylation is 1. The molecule has 1 fully saturated rings. The SMILES string of the molecule is CCCCN1C(=O)CCC(C(=O)OCC(=O)Nc2cc(C)ccc2OC)C1c1ccccc1OC. The molecule has 1 saturated heterocycles. The Balaban J connectivity index is 1.77. The molecule has 0 radical (unpaired) electrons. The summed E-state index contributed by atoms with van der Waals surface area (Å²) in [6, 6.07) is 12.3. The molecular formula is C27H34N2O6. The highest BCUT2D eigenvalue weighted by molar-refractivity contribution is 5.94. The zero-order chi connectivity index (χ0) is 25.4. The van der Waals surface area contributed by atoms with E-state index in [-0.39, 0.29) is 12.3 Å². The Bertz CT molecular complexity index is 1050. The fourth-order valence-corrected chi connectivity index (χ4v) is 4.44. The van der Waals surface area contributed by atoms with Crippen molar-refractivity contribution in [2.45, 2.75) is 45.6 Å². The van der Waals surface area contributed by atoms with Crippen LogP contribution in [0.5, 0.6) is 11.5 Å². The van der Waals surface area contributed by atoms with Crippen LogP contribution in [0, 0.1) is 12.8 Å². The Labute approximate surface area is 206 Å². The van der Waals surface area contributed by atoms with E-state index in [0.717, 1.165) is 24.0 Å². The number of ether oxygens (including phenoxy) is 3. The second-order valence-corrected chi connectivity index (χ2v) is 8.63. The van der Waals surface area contributed by atoms with Crippen LogP contribution in [0.15, 0.2) is 42.5 Å². The quantitative estimate of drug-likeness (QED) is 0.508. The molecule has 1 aliphatic heterocycles. The number of esters is 1. The van der Waals surface area contributed by atoms with Crippen LogP contribution in [0.3, 0.4) is 0 Å². The van der Waals surface area contributed by atoms with E-state index in [1.165, 1.54) is 7.11 Å². The average molecular weight is 483 g/mol. The van der Waals surface area contributed by atoms with E-state index in [4.69, 9.17) is 14.2 Å². The standard InChI is InChI=1S/C27H34N2O6/c1-5-6-15-29-25(31)14-12-20(26(29)19-9-7-8-10-22(19)33-3)27(32)35-17-24(30)28-21-16-18(2)11-13-23(21)34-4/h7-11,13,16,20,26H,5-6,12,14-15,17H2,1-4H3,(H,28,30). The number of rotatable bonds is 10. The normalized spacial score (nSPS) is 17.6. The number of hydrogen-bond donors (Lipinski definition) is 1. The first kappa shape index (κ1) is 26.1. The number of methoxy groups -OCH3 is 2. The van der Waals surface area contributed by atoms with E-state index in [1.54, 1.807) is 24.1 Å². The first-order chi connectivity index (χ1) is 16.9. The fourth-order valence-electron chi connectivity index (χ4n) is 4.44. The molecule has 0 bridgehead atoms. The van der Waals surface area contributed by atoms with Gasteiger partial charge in [-0.2, -0.15) is 0 Å². The number of carbonyl (C=O) groups excluding carboxylic acids is 3. The number of likely N-dealkylation sites (tertiary alicyclic amines) is 1. The van der Waals surface area contributed by atoms with Gasteiger partial charge >= 0.3 is 5.97 Å². The van der Waals surface area contributed by atoms with Gasteiger partial charge < -0.3 is 24.4 Å². The summed E-state index contributed by atoms with van der Waals surface area (Å²) in [5, 5.41) is 2.74. The summed E-state index contributed by atoms with van der Waals surface area (Å²) < 4.78 is 16.3. The van der Waals surface area contributed by atoms with Crippen molar-refractivity contribution in [3.05, 3.63) is 53.6 Å². The molecule has 2 aromatic carbocycles. The van der Waals surface area contributed by atoms with Crippen molar-refractivity contribution in [3.63, 3.8) is 0 Å². The number of nitrogens with zero attached hydrogens (tertiary/aromatic N) is 1. The molecule has 188 valence electrons. The van der Waals surface area contributed by atoms with Crippen LogP contribution in [-0.2, 0) is 19.1 Å². The first-order valence-corrected chi connectivity index (χ1v) is 11.9. The van der Waals surface area contributed by atoms with Crippen LogP contribution < -0.4 is 14.8 Å². The monoisotopic (exact) mass is 482 g/mol. The van der Waals surface area contributed by atoms with Gasteiger partial charge in [-0.15, -0.1) is 0 Å². The van der Waals surface area contributed by atoms with E-state index >= 15 is 0 Å². The topological polar surface area (TPSA) is 94.2 Å². The maximum absolute atomic E-state index is 13.2. The van der Waals surface area contributed by atoms with Crippen molar-refractivity contribution < 1.29 is 28.6 Å². The molecule has 0 aliphatic carbocycles. The van der Waals surface area contributed by atoms with Crippen molar-refractivity contribution >= 4 is 23.5 Å². The Kier molecular flexibility index (Phi) is 9.11. The molecule has 0 saturated carbocycles. The molecule has 8 nitrogen and oxygen atoms in total. The van der Waals surface area contributed by atoms with Crippen LogP contribution >= 0.6 is 0 Å². The summed E-state index contributed by atoms with van der Waals surface area (Å²) in [4.78, 5) is 40.4. The van der Waals surface area contributed by atoms with Gasteiger partial charge in [-0.3, -0.25) is 14.4 Å². The van der Waals surface area contributed by atoms with Crippen LogP contribution in [0.25, 0.3) is 0 Å². The average Bonchev–Trinajstić information content (AvgIpc) is 2.86. The third-order valence-electron chi connectivity index (χ3n) is 6.19. The van der Waals surface area contributed by atoms with E-state index in [1.807, 2.05) is 37.3 Å². The van der Waals surface area contributed by atoms with Gasteiger partial charge in [0.2, 0.25) is 5.91 Å². The van der Waals surface area contributed by atoms with Crippen molar-refractivity contribution in [1.82, 2.24) is 4.90 Å². The Morgan fingerprint density at radius 2 is 1.83 bits per heavy atom. The van der Waals surface area contributed by atoms with Crippen LogP contribution in [0.2, 0.25) is 0 Å². The van der Waals surface area contributed by atoms with E-state index in [9.17, 15) is 14.4 Å². The van der Waals surface area contributed by atoms with Gasteiger partial charge in [0.15, 0.2) is 6.61 Å². The zero-order valence-corrected chi connectivity index (χ0v) is 20.8. The summed E-state index contributed by atoms with van der Waals surface area (Å²) in [6.07, 6.45) is 2.33. The van der Waals surface area contributed by atoms with Crippen molar-refractivity contribution in [2.75, 3.05) is 32.7 Å². The van der Waals surface area contributed by atoms with Gasteiger partial charge in [-0.1, -0.05) is 37.6 Å². The molecule has 35 heavy (non-hydrogen) atoms. The minimum absolute atomic E-state index is 0.00249. The lowest BCUT2D eigenvalue weighted by atomic mass is 9.83. The largest absolute Gasteiger partial charge is 0.496 e. The van der Waals surface area contributed by atoms with E-state index in [2.05, 4.69) is 12.2 Å². The van der Waals surface area contributed by atoms with E-state index in [0.29, 0.717) is 30.2 Å². The second kappa shape index (κ2) is 12.2. The summed E-state index contributed by atoms with van der Waals surface area (Å²) in [5.41, 5.74) is 2.22. The smallest absolute Gasteiger partial charge is 0.311 e. The number of unbranched alkanes of at least 4 members (excludes halogenated alkanes) is 1. The lowest BCUT2D eigenvalue weighted by molar-refractivity contribution is -0.159. The van der Waals surface area contributed by atoms with Crippen molar-refractivity contribution in [1.29, 1.82) is 0 Å². The number of amides is 2. The number of hydrogen-bond acceptors (Lipinski definition) is 6. The number of nitrogens with one attached hydrogen (secondary N) is 1. The van der Waals surface area contributed by atoms with Crippen molar-refractivity contribution in [3.8, 4) is 11.5 Å².